The van der Waals surface area contributed by atoms with E-state index in [1.165, 1.54) is 0 Å². The molecule has 0 unspecified atom stereocenters. The lowest BCUT2D eigenvalue weighted by Gasteiger charge is -2.26. The van der Waals surface area contributed by atoms with Crippen molar-refractivity contribution in [3.63, 3.8) is 0 Å². The topological polar surface area (TPSA) is 102 Å². The van der Waals surface area contributed by atoms with Crippen LogP contribution >= 0.6 is 11.6 Å². The molecule has 162 valence electrons. The molecule has 2 saturated heterocycles. The Hall–Kier alpha value is -3.36. The van der Waals surface area contributed by atoms with Gasteiger partial charge in [0.2, 0.25) is 0 Å². The number of nitrogens with one attached hydrogen (secondary N) is 2. The van der Waals surface area contributed by atoms with E-state index in [9.17, 15) is 9.90 Å². The SMILES string of the molecule is O=C(CON=C1C(c2c(O)[nH]c3ccc(Cl)cc23)=Nc2ccccc21)N1C[C@@H]2C[C@H]1CN2. The van der Waals surface area contributed by atoms with Gasteiger partial charge in [0.1, 0.15) is 11.4 Å². The van der Waals surface area contributed by atoms with Crippen LogP contribution in [0.25, 0.3) is 10.9 Å². The Morgan fingerprint density at radius 2 is 2.19 bits per heavy atom. The van der Waals surface area contributed by atoms with E-state index in [-0.39, 0.29) is 24.4 Å². The van der Waals surface area contributed by atoms with Crippen LogP contribution < -0.4 is 5.32 Å². The summed E-state index contributed by atoms with van der Waals surface area (Å²) in [5.74, 6) is -0.104. The molecule has 1 aromatic heterocycles. The molecule has 0 saturated carbocycles. The van der Waals surface area contributed by atoms with Gasteiger partial charge in [-0.1, -0.05) is 35.0 Å². The van der Waals surface area contributed by atoms with E-state index in [4.69, 9.17) is 21.4 Å². The zero-order valence-corrected chi connectivity index (χ0v) is 17.8. The maximum Gasteiger partial charge on any atom is 0.263 e. The molecule has 0 spiro atoms. The van der Waals surface area contributed by atoms with Gasteiger partial charge in [0.15, 0.2) is 12.5 Å². The smallest absolute Gasteiger partial charge is 0.263 e. The van der Waals surface area contributed by atoms with Gasteiger partial charge in [-0.2, -0.15) is 0 Å². The van der Waals surface area contributed by atoms with Crippen LogP contribution in [0.4, 0.5) is 5.69 Å². The molecule has 2 fully saturated rings. The number of fused-ring (bicyclic) bond motifs is 4. The lowest BCUT2D eigenvalue weighted by molar-refractivity contribution is -0.137. The van der Waals surface area contributed by atoms with E-state index < -0.39 is 0 Å². The summed E-state index contributed by atoms with van der Waals surface area (Å²) >= 11 is 6.20. The van der Waals surface area contributed by atoms with Gasteiger partial charge in [-0.3, -0.25) is 4.79 Å². The van der Waals surface area contributed by atoms with Gasteiger partial charge in [-0.25, -0.2) is 4.99 Å². The Morgan fingerprint density at radius 1 is 1.31 bits per heavy atom. The third-order valence-corrected chi connectivity index (χ3v) is 6.55. The minimum absolute atomic E-state index is 0.0295. The first-order valence-electron chi connectivity index (χ1n) is 10.5. The second-order valence-corrected chi connectivity index (χ2v) is 8.71. The molecule has 0 radical (unpaired) electrons. The zero-order chi connectivity index (χ0) is 21.8. The Bertz CT molecular complexity index is 1310. The van der Waals surface area contributed by atoms with Gasteiger partial charge in [0.25, 0.3) is 5.91 Å². The lowest BCUT2D eigenvalue weighted by atomic mass is 10.0. The molecule has 0 aliphatic carbocycles. The molecule has 3 N–H and O–H groups in total. The van der Waals surface area contributed by atoms with E-state index in [0.717, 1.165) is 35.1 Å². The summed E-state index contributed by atoms with van der Waals surface area (Å²) in [5, 5.41) is 19.6. The maximum absolute atomic E-state index is 12.6. The number of oxime groups is 1. The molecule has 32 heavy (non-hydrogen) atoms. The number of piperazine rings is 1. The zero-order valence-electron chi connectivity index (χ0n) is 17.0. The van der Waals surface area contributed by atoms with Crippen molar-refractivity contribution >= 4 is 45.5 Å². The molecule has 3 aromatic rings. The molecule has 2 atom stereocenters. The minimum Gasteiger partial charge on any atom is -0.494 e. The second kappa shape index (κ2) is 7.36. The number of hydrogen-bond donors (Lipinski definition) is 3. The van der Waals surface area contributed by atoms with Gasteiger partial charge >= 0.3 is 0 Å². The molecule has 8 nitrogen and oxygen atoms in total. The second-order valence-electron chi connectivity index (χ2n) is 8.27. The first-order valence-corrected chi connectivity index (χ1v) is 10.9. The normalized spacial score (nSPS) is 22.6. The van der Waals surface area contributed by atoms with Crippen molar-refractivity contribution in [1.29, 1.82) is 0 Å². The molecule has 4 heterocycles. The van der Waals surface area contributed by atoms with Gasteiger partial charge in [0, 0.05) is 46.7 Å². The number of H-pyrrole nitrogens is 1. The van der Waals surface area contributed by atoms with Crippen molar-refractivity contribution in [2.24, 2.45) is 10.1 Å². The molecule has 9 heteroatoms. The van der Waals surface area contributed by atoms with E-state index in [1.54, 1.807) is 18.2 Å². The molecule has 3 aliphatic heterocycles. The third-order valence-electron chi connectivity index (χ3n) is 6.31. The molecular weight excluding hydrogens is 430 g/mol. The largest absolute Gasteiger partial charge is 0.494 e. The summed E-state index contributed by atoms with van der Waals surface area (Å²) in [6.07, 6.45) is 0.993. The van der Waals surface area contributed by atoms with Crippen molar-refractivity contribution in [2.45, 2.75) is 18.5 Å². The number of aliphatic imine (C=N–C) groups is 1. The summed E-state index contributed by atoms with van der Waals surface area (Å²) in [6.45, 7) is 1.40. The number of hydrogen-bond acceptors (Lipinski definition) is 6. The summed E-state index contributed by atoms with van der Waals surface area (Å²) in [6, 6.07) is 13.5. The van der Waals surface area contributed by atoms with Crippen LogP contribution in [0.3, 0.4) is 0 Å². The van der Waals surface area contributed by atoms with Crippen molar-refractivity contribution in [3.05, 3.63) is 58.6 Å². The van der Waals surface area contributed by atoms with Crippen LogP contribution in [0.5, 0.6) is 5.88 Å². The van der Waals surface area contributed by atoms with Crippen LogP contribution in [0.15, 0.2) is 52.6 Å². The fraction of sp³-hybridized carbons (Fsp3) is 0.261. The number of aromatic nitrogens is 1. The highest BCUT2D eigenvalue weighted by molar-refractivity contribution is 6.58. The fourth-order valence-electron chi connectivity index (χ4n) is 4.83. The number of carbonyl (C=O) groups is 1. The average molecular weight is 450 g/mol. The highest BCUT2D eigenvalue weighted by atomic mass is 35.5. The first-order chi connectivity index (χ1) is 15.6. The number of benzene rings is 2. The average Bonchev–Trinajstić information content (AvgIpc) is 3.55. The highest BCUT2D eigenvalue weighted by Gasteiger charge is 2.40. The van der Waals surface area contributed by atoms with E-state index in [0.29, 0.717) is 34.6 Å². The number of rotatable bonds is 4. The number of amides is 1. The predicted molar refractivity (Wildman–Crippen MR) is 122 cm³/mol. The van der Waals surface area contributed by atoms with Crippen molar-refractivity contribution < 1.29 is 14.7 Å². The number of halogens is 1. The monoisotopic (exact) mass is 449 g/mol. The summed E-state index contributed by atoms with van der Waals surface area (Å²) < 4.78 is 0. The van der Waals surface area contributed by atoms with Gasteiger partial charge < -0.3 is 25.1 Å². The summed E-state index contributed by atoms with van der Waals surface area (Å²) in [4.78, 5) is 27.7. The number of aromatic amines is 1. The molecule has 6 rings (SSSR count). The van der Waals surface area contributed by atoms with Gasteiger partial charge in [-0.15, -0.1) is 0 Å². The molecule has 2 aromatic carbocycles. The molecule has 3 aliphatic rings. The van der Waals surface area contributed by atoms with Crippen molar-refractivity contribution in [3.8, 4) is 5.88 Å². The van der Waals surface area contributed by atoms with Gasteiger partial charge in [-0.05, 0) is 30.7 Å². The third kappa shape index (κ3) is 3.06. The molecule has 2 bridgehead atoms. The molecule has 1 amide bonds. The number of likely N-dealkylation sites (tertiary alicyclic amines) is 1. The van der Waals surface area contributed by atoms with Crippen LogP contribution in [0.2, 0.25) is 5.02 Å². The predicted octanol–water partition coefficient (Wildman–Crippen LogP) is 2.95. The van der Waals surface area contributed by atoms with Crippen molar-refractivity contribution in [1.82, 2.24) is 15.2 Å². The van der Waals surface area contributed by atoms with E-state index >= 15 is 0 Å². The van der Waals surface area contributed by atoms with E-state index in [1.807, 2.05) is 29.2 Å². The number of aromatic hydroxyl groups is 1. The maximum atomic E-state index is 12.6. The summed E-state index contributed by atoms with van der Waals surface area (Å²) in [7, 11) is 0. The van der Waals surface area contributed by atoms with Crippen LogP contribution in [0, 0.1) is 0 Å². The quantitative estimate of drug-likeness (QED) is 0.533. The lowest BCUT2D eigenvalue weighted by Crippen LogP contribution is -2.47. The van der Waals surface area contributed by atoms with Crippen LogP contribution in [0.1, 0.15) is 17.5 Å². The van der Waals surface area contributed by atoms with Crippen LogP contribution in [-0.2, 0) is 9.63 Å². The summed E-state index contributed by atoms with van der Waals surface area (Å²) in [5.41, 5.74) is 3.65. The number of para-hydroxylation sites is 1. The van der Waals surface area contributed by atoms with Gasteiger partial charge in [0.05, 0.1) is 11.3 Å². The van der Waals surface area contributed by atoms with Crippen molar-refractivity contribution in [2.75, 3.05) is 19.7 Å². The first kappa shape index (κ1) is 19.3. The number of nitrogens with zero attached hydrogens (tertiary/aromatic N) is 3. The molecular formula is C23H20ClN5O3. The van der Waals surface area contributed by atoms with Crippen LogP contribution in [-0.4, -0.2) is 64.1 Å². The Labute approximate surface area is 188 Å². The van der Waals surface area contributed by atoms with E-state index in [2.05, 4.69) is 15.5 Å². The Kier molecular flexibility index (Phi) is 4.44. The standard InChI is InChI=1S/C23H20ClN5O3/c24-12-5-6-18-16(7-12)20(23(31)27-18)22-21(15-3-1-2-4-17(15)26-22)28-32-11-19(30)29-10-13-8-14(29)9-25-13/h1-7,13-14,25,27,31H,8-11H2/t13-,14-/m0/s1. The Balaban J connectivity index is 1.33. The highest BCUT2D eigenvalue weighted by Crippen LogP contribution is 2.36. The Morgan fingerprint density at radius 3 is 3.00 bits per heavy atom. The minimum atomic E-state index is -0.145. The fourth-order valence-corrected chi connectivity index (χ4v) is 5.00. The number of carbonyl (C=O) groups excluding carboxylic acids is 1.